The van der Waals surface area contributed by atoms with Gasteiger partial charge in [0.05, 0.1) is 5.69 Å². The van der Waals surface area contributed by atoms with Crippen molar-refractivity contribution in [3.05, 3.63) is 72.1 Å². The topological polar surface area (TPSA) is 30.0 Å². The van der Waals surface area contributed by atoms with Crippen LogP contribution in [-0.2, 0) is 0 Å². The molecule has 0 bridgehead atoms. The second-order valence-corrected chi connectivity index (χ2v) is 3.66. The molecular weight excluding hydrogens is 236 g/mol. The lowest BCUT2D eigenvalue weighted by Crippen LogP contribution is -2.04. The van der Waals surface area contributed by atoms with Crippen molar-refractivity contribution < 1.29 is 13.6 Å². The zero-order valence-corrected chi connectivity index (χ0v) is 9.36. The van der Waals surface area contributed by atoms with E-state index in [0.717, 1.165) is 0 Å². The molecule has 0 atom stereocenters. The largest absolute Gasteiger partial charge is 0.289 e. The molecule has 2 nitrogen and oxygen atoms in total. The lowest BCUT2D eigenvalue weighted by molar-refractivity contribution is 0.105. The van der Waals surface area contributed by atoms with Crippen molar-refractivity contribution in [3.8, 4) is 0 Å². The first-order valence-corrected chi connectivity index (χ1v) is 5.20. The van der Waals surface area contributed by atoms with Crippen LogP contribution in [0.25, 0.3) is 5.57 Å². The number of allylic oxidation sites excluding steroid dienone is 1. The number of halogens is 2. The average molecular weight is 245 g/mol. The number of carbonyl (C=O) groups is 1. The van der Waals surface area contributed by atoms with Crippen molar-refractivity contribution in [3.63, 3.8) is 0 Å². The van der Waals surface area contributed by atoms with Gasteiger partial charge < -0.3 is 0 Å². The molecule has 0 amide bonds. The van der Waals surface area contributed by atoms with E-state index in [1.807, 2.05) is 0 Å². The number of nitrogens with zero attached hydrogens (tertiary/aromatic N) is 1. The van der Waals surface area contributed by atoms with Crippen LogP contribution in [0, 0.1) is 11.8 Å². The van der Waals surface area contributed by atoms with Crippen LogP contribution in [0.3, 0.4) is 0 Å². The summed E-state index contributed by atoms with van der Waals surface area (Å²) in [5.74, 6) is -1.52. The first kappa shape index (κ1) is 12.1. The number of pyridine rings is 1. The fraction of sp³-hybridized carbons (Fsp3) is 0. The van der Waals surface area contributed by atoms with Crippen molar-refractivity contribution in [1.29, 1.82) is 0 Å². The van der Waals surface area contributed by atoms with Crippen LogP contribution in [0.15, 0.2) is 49.0 Å². The smallest absolute Gasteiger partial charge is 0.213 e. The number of rotatable bonds is 3. The number of ketones is 1. The Kier molecular flexibility index (Phi) is 3.28. The Morgan fingerprint density at radius 2 is 1.72 bits per heavy atom. The quantitative estimate of drug-likeness (QED) is 0.472. The highest BCUT2D eigenvalue weighted by atomic mass is 19.1. The Morgan fingerprint density at radius 1 is 1.06 bits per heavy atom. The molecule has 18 heavy (non-hydrogen) atoms. The summed E-state index contributed by atoms with van der Waals surface area (Å²) < 4.78 is 25.7. The molecule has 0 saturated carbocycles. The van der Waals surface area contributed by atoms with Crippen LogP contribution < -0.4 is 0 Å². The summed E-state index contributed by atoms with van der Waals surface area (Å²) in [6, 6.07) is 9.18. The monoisotopic (exact) mass is 245 g/mol. The molecule has 0 N–H and O–H groups in total. The van der Waals surface area contributed by atoms with Gasteiger partial charge in [0.25, 0.3) is 0 Å². The third kappa shape index (κ3) is 2.48. The average Bonchev–Trinajstić information content (AvgIpc) is 2.38. The second-order valence-electron chi connectivity index (χ2n) is 3.66. The minimum absolute atomic E-state index is 0.0705. The molecular formula is C14H9F2NO. The lowest BCUT2D eigenvalue weighted by atomic mass is 10.0. The number of carbonyl (C=O) groups excluding carboxylic acids is 1. The van der Waals surface area contributed by atoms with Gasteiger partial charge in [0.1, 0.15) is 5.82 Å². The lowest BCUT2D eigenvalue weighted by Gasteiger charge is -2.04. The van der Waals surface area contributed by atoms with E-state index in [4.69, 9.17) is 0 Å². The second kappa shape index (κ2) is 4.87. The Bertz CT molecular complexity index is 605. The Morgan fingerprint density at radius 3 is 2.33 bits per heavy atom. The summed E-state index contributed by atoms with van der Waals surface area (Å²) in [4.78, 5) is 15.6. The van der Waals surface area contributed by atoms with Gasteiger partial charge in [-0.25, -0.2) is 9.37 Å². The van der Waals surface area contributed by atoms with E-state index >= 15 is 0 Å². The molecule has 1 aromatic carbocycles. The normalized spacial score (nSPS) is 10.1. The fourth-order valence-electron chi connectivity index (χ4n) is 1.47. The van der Waals surface area contributed by atoms with Crippen LogP contribution in [0.2, 0.25) is 0 Å². The maximum atomic E-state index is 12.9. The van der Waals surface area contributed by atoms with E-state index in [2.05, 4.69) is 11.6 Å². The Hall–Kier alpha value is -2.36. The molecule has 0 aliphatic rings. The number of benzene rings is 1. The summed E-state index contributed by atoms with van der Waals surface area (Å²) in [6.45, 7) is 3.59. The first-order valence-electron chi connectivity index (χ1n) is 5.20. The Balaban J connectivity index is 2.29. The minimum atomic E-state index is -0.680. The van der Waals surface area contributed by atoms with Gasteiger partial charge >= 0.3 is 0 Å². The van der Waals surface area contributed by atoms with Crippen molar-refractivity contribution in [2.45, 2.75) is 0 Å². The number of hydrogen-bond acceptors (Lipinski definition) is 2. The molecule has 1 heterocycles. The van der Waals surface area contributed by atoms with Crippen LogP contribution in [0.4, 0.5) is 8.78 Å². The van der Waals surface area contributed by atoms with Crippen molar-refractivity contribution >= 4 is 11.4 Å². The van der Waals surface area contributed by atoms with E-state index in [1.165, 1.54) is 42.5 Å². The van der Waals surface area contributed by atoms with Crippen LogP contribution >= 0.6 is 0 Å². The molecule has 4 heteroatoms. The molecule has 90 valence electrons. The SMILES string of the molecule is C=C(C(=O)c1ccc(F)cc1)c1cccc(F)n1. The van der Waals surface area contributed by atoms with Gasteiger partial charge in [-0.1, -0.05) is 12.6 Å². The summed E-state index contributed by atoms with van der Waals surface area (Å²) >= 11 is 0. The zero-order chi connectivity index (χ0) is 13.1. The zero-order valence-electron chi connectivity index (χ0n) is 9.36. The molecule has 0 radical (unpaired) electrons. The molecule has 0 unspecified atom stereocenters. The third-order valence-corrected chi connectivity index (χ3v) is 2.40. The van der Waals surface area contributed by atoms with E-state index in [1.54, 1.807) is 0 Å². The van der Waals surface area contributed by atoms with E-state index in [-0.39, 0.29) is 16.8 Å². The van der Waals surface area contributed by atoms with Crippen LogP contribution in [-0.4, -0.2) is 10.8 Å². The van der Waals surface area contributed by atoms with Gasteiger partial charge in [0, 0.05) is 11.1 Å². The summed E-state index contributed by atoms with van der Waals surface area (Å²) in [5, 5.41) is 0. The highest BCUT2D eigenvalue weighted by Crippen LogP contribution is 2.16. The first-order chi connectivity index (χ1) is 8.58. The van der Waals surface area contributed by atoms with Crippen molar-refractivity contribution in [1.82, 2.24) is 4.98 Å². The van der Waals surface area contributed by atoms with Crippen molar-refractivity contribution in [2.75, 3.05) is 0 Å². The van der Waals surface area contributed by atoms with Gasteiger partial charge in [-0.2, -0.15) is 4.39 Å². The van der Waals surface area contributed by atoms with Crippen LogP contribution in [0.5, 0.6) is 0 Å². The van der Waals surface area contributed by atoms with E-state index in [0.29, 0.717) is 0 Å². The number of hydrogen-bond donors (Lipinski definition) is 0. The predicted molar refractivity (Wildman–Crippen MR) is 64.0 cm³/mol. The van der Waals surface area contributed by atoms with Crippen molar-refractivity contribution in [2.24, 2.45) is 0 Å². The molecule has 0 fully saturated rings. The van der Waals surface area contributed by atoms with Gasteiger partial charge in [0.2, 0.25) is 5.95 Å². The standard InChI is InChI=1S/C14H9F2NO/c1-9(12-3-2-4-13(16)17-12)14(18)10-5-7-11(15)8-6-10/h2-8H,1H2. The van der Waals surface area contributed by atoms with Gasteiger partial charge in [0.15, 0.2) is 5.78 Å². The minimum Gasteiger partial charge on any atom is -0.289 e. The fourth-order valence-corrected chi connectivity index (χ4v) is 1.47. The molecule has 0 spiro atoms. The van der Waals surface area contributed by atoms with Gasteiger partial charge in [-0.3, -0.25) is 4.79 Å². The maximum Gasteiger partial charge on any atom is 0.213 e. The molecule has 0 saturated heterocycles. The van der Waals surface area contributed by atoms with E-state index in [9.17, 15) is 13.6 Å². The third-order valence-electron chi connectivity index (χ3n) is 2.40. The van der Waals surface area contributed by atoms with Crippen LogP contribution in [0.1, 0.15) is 16.1 Å². The molecule has 2 rings (SSSR count). The predicted octanol–water partition coefficient (Wildman–Crippen LogP) is 3.26. The summed E-state index contributed by atoms with van der Waals surface area (Å²) in [6.07, 6.45) is 0. The maximum absolute atomic E-state index is 12.9. The molecule has 2 aromatic rings. The highest BCUT2D eigenvalue weighted by Gasteiger charge is 2.13. The van der Waals surface area contributed by atoms with E-state index < -0.39 is 17.5 Å². The molecule has 0 aliphatic carbocycles. The summed E-state index contributed by atoms with van der Waals surface area (Å²) in [5.41, 5.74) is 0.526. The summed E-state index contributed by atoms with van der Waals surface area (Å²) in [7, 11) is 0. The number of Topliss-reactive ketones (excluding diaryl/α,β-unsaturated/α-hetero) is 1. The van der Waals surface area contributed by atoms with Gasteiger partial charge in [-0.05, 0) is 36.4 Å². The highest BCUT2D eigenvalue weighted by molar-refractivity contribution is 6.27. The van der Waals surface area contributed by atoms with Gasteiger partial charge in [-0.15, -0.1) is 0 Å². The molecule has 1 aromatic heterocycles. The molecule has 0 aliphatic heterocycles. The Labute approximate surface area is 103 Å². The number of aromatic nitrogens is 1.